The van der Waals surface area contributed by atoms with Crippen molar-refractivity contribution in [2.45, 2.75) is 38.8 Å². The van der Waals surface area contributed by atoms with Crippen LogP contribution in [0.25, 0.3) is 0 Å². The number of aromatic nitrogens is 3. The molecule has 106 valence electrons. The van der Waals surface area contributed by atoms with Crippen LogP contribution in [0.4, 0.5) is 0 Å². The van der Waals surface area contributed by atoms with Crippen LogP contribution in [0.3, 0.4) is 0 Å². The fraction of sp³-hybridized carbons (Fsp3) is 0.467. The van der Waals surface area contributed by atoms with Gasteiger partial charge in [0.25, 0.3) is 0 Å². The Labute approximate surface area is 118 Å². The van der Waals surface area contributed by atoms with Crippen molar-refractivity contribution in [3.8, 4) is 5.75 Å². The molecule has 0 amide bonds. The van der Waals surface area contributed by atoms with Gasteiger partial charge < -0.3 is 15.0 Å². The average molecular weight is 272 g/mol. The topological polar surface area (TPSA) is 66.0 Å². The molecule has 1 aromatic carbocycles. The van der Waals surface area contributed by atoms with E-state index < -0.39 is 0 Å². The first-order valence-electron chi connectivity index (χ1n) is 7.02. The zero-order valence-electron chi connectivity index (χ0n) is 12.0. The summed E-state index contributed by atoms with van der Waals surface area (Å²) in [6, 6.07) is 6.28. The molecule has 5 heteroatoms. The normalized spacial score (nSPS) is 17.9. The summed E-state index contributed by atoms with van der Waals surface area (Å²) in [5.74, 6) is 2.65. The zero-order chi connectivity index (χ0) is 14.1. The quantitative estimate of drug-likeness (QED) is 0.928. The highest BCUT2D eigenvalue weighted by Gasteiger charge is 2.20. The van der Waals surface area contributed by atoms with E-state index in [0.29, 0.717) is 6.61 Å². The van der Waals surface area contributed by atoms with E-state index in [1.54, 1.807) is 0 Å². The predicted molar refractivity (Wildman–Crippen MR) is 76.4 cm³/mol. The molecule has 3 rings (SSSR count). The first-order valence-corrected chi connectivity index (χ1v) is 7.02. The molecule has 0 saturated carbocycles. The summed E-state index contributed by atoms with van der Waals surface area (Å²) in [7, 11) is 1.95. The number of ether oxygens (including phenoxy) is 1. The highest BCUT2D eigenvalue weighted by atomic mass is 16.5. The summed E-state index contributed by atoms with van der Waals surface area (Å²) in [6.45, 7) is 2.36. The second-order valence-electron chi connectivity index (χ2n) is 5.33. The molecule has 20 heavy (non-hydrogen) atoms. The molecule has 1 atom stereocenters. The van der Waals surface area contributed by atoms with Crippen molar-refractivity contribution in [2.75, 3.05) is 0 Å². The molecule has 0 radical (unpaired) electrons. The maximum Gasteiger partial charge on any atom is 0.170 e. The first kappa shape index (κ1) is 13.1. The zero-order valence-corrected chi connectivity index (χ0v) is 12.0. The molecule has 1 heterocycles. The molecule has 1 unspecified atom stereocenters. The lowest BCUT2D eigenvalue weighted by molar-refractivity contribution is 0.286. The van der Waals surface area contributed by atoms with Crippen LogP contribution in [-0.2, 0) is 20.1 Å². The summed E-state index contributed by atoms with van der Waals surface area (Å²) in [4.78, 5) is 0. The van der Waals surface area contributed by atoms with E-state index in [1.807, 2.05) is 30.7 Å². The summed E-state index contributed by atoms with van der Waals surface area (Å²) in [5.41, 5.74) is 8.65. The van der Waals surface area contributed by atoms with Gasteiger partial charge in [-0.15, -0.1) is 10.2 Å². The van der Waals surface area contributed by atoms with E-state index in [0.717, 1.165) is 36.7 Å². The van der Waals surface area contributed by atoms with Gasteiger partial charge in [-0.3, -0.25) is 0 Å². The molecule has 1 aromatic heterocycles. The SMILES string of the molecule is Cc1nnc(COc2cccc3c2CCCC3N)n1C. The van der Waals surface area contributed by atoms with Crippen molar-refractivity contribution in [2.24, 2.45) is 12.8 Å². The Bertz CT molecular complexity index is 620. The standard InChI is InChI=1S/C15H20N4O/c1-10-17-18-15(19(10)2)9-20-14-8-4-5-11-12(14)6-3-7-13(11)16/h4-5,8,13H,3,6-7,9,16H2,1-2H3. The van der Waals surface area contributed by atoms with Crippen molar-refractivity contribution in [3.05, 3.63) is 41.0 Å². The Kier molecular flexibility index (Phi) is 3.44. The molecule has 0 saturated heterocycles. The number of hydrogen-bond acceptors (Lipinski definition) is 4. The van der Waals surface area contributed by atoms with E-state index in [9.17, 15) is 0 Å². The van der Waals surface area contributed by atoms with Gasteiger partial charge in [-0.05, 0) is 43.4 Å². The number of fused-ring (bicyclic) bond motifs is 1. The molecule has 0 spiro atoms. The number of hydrogen-bond donors (Lipinski definition) is 1. The lowest BCUT2D eigenvalue weighted by Gasteiger charge is -2.24. The maximum absolute atomic E-state index is 6.17. The molecule has 2 N–H and O–H groups in total. The highest BCUT2D eigenvalue weighted by Crippen LogP contribution is 2.34. The fourth-order valence-corrected chi connectivity index (χ4v) is 2.71. The Hall–Kier alpha value is -1.88. The Morgan fingerprint density at radius 2 is 2.25 bits per heavy atom. The molecule has 5 nitrogen and oxygen atoms in total. The van der Waals surface area contributed by atoms with Gasteiger partial charge in [-0.2, -0.15) is 0 Å². The average Bonchev–Trinajstić information content (AvgIpc) is 2.77. The summed E-state index contributed by atoms with van der Waals surface area (Å²) >= 11 is 0. The number of nitrogens with two attached hydrogens (primary N) is 1. The van der Waals surface area contributed by atoms with Gasteiger partial charge >= 0.3 is 0 Å². The second-order valence-corrected chi connectivity index (χ2v) is 5.33. The number of rotatable bonds is 3. The molecule has 1 aliphatic rings. The largest absolute Gasteiger partial charge is 0.485 e. The van der Waals surface area contributed by atoms with Crippen LogP contribution in [0.1, 0.15) is 41.7 Å². The van der Waals surface area contributed by atoms with Crippen molar-refractivity contribution in [1.82, 2.24) is 14.8 Å². The van der Waals surface area contributed by atoms with Crippen molar-refractivity contribution in [3.63, 3.8) is 0 Å². The molecule has 1 aliphatic carbocycles. The van der Waals surface area contributed by atoms with Crippen molar-refractivity contribution < 1.29 is 4.74 Å². The van der Waals surface area contributed by atoms with Gasteiger partial charge in [0, 0.05) is 13.1 Å². The van der Waals surface area contributed by atoms with Crippen LogP contribution in [0.2, 0.25) is 0 Å². The Balaban J connectivity index is 1.81. The maximum atomic E-state index is 6.17. The van der Waals surface area contributed by atoms with Crippen LogP contribution in [-0.4, -0.2) is 14.8 Å². The Morgan fingerprint density at radius 3 is 3.00 bits per heavy atom. The molecule has 0 fully saturated rings. The summed E-state index contributed by atoms with van der Waals surface area (Å²) < 4.78 is 7.90. The summed E-state index contributed by atoms with van der Waals surface area (Å²) in [5, 5.41) is 8.16. The van der Waals surface area contributed by atoms with E-state index >= 15 is 0 Å². The van der Waals surface area contributed by atoms with Crippen LogP contribution in [0.5, 0.6) is 5.75 Å². The molecular formula is C15H20N4O. The van der Waals surface area contributed by atoms with Gasteiger partial charge in [0.15, 0.2) is 5.82 Å². The van der Waals surface area contributed by atoms with Crippen LogP contribution in [0.15, 0.2) is 18.2 Å². The third kappa shape index (κ3) is 2.29. The van der Waals surface area contributed by atoms with Gasteiger partial charge in [0.05, 0.1) is 0 Å². The number of aryl methyl sites for hydroxylation is 1. The monoisotopic (exact) mass is 272 g/mol. The minimum Gasteiger partial charge on any atom is -0.485 e. The predicted octanol–water partition coefficient (Wildman–Crippen LogP) is 2.04. The highest BCUT2D eigenvalue weighted by molar-refractivity contribution is 5.43. The van der Waals surface area contributed by atoms with E-state index in [1.165, 1.54) is 11.1 Å². The Morgan fingerprint density at radius 1 is 1.40 bits per heavy atom. The van der Waals surface area contributed by atoms with Crippen LogP contribution < -0.4 is 10.5 Å². The smallest absolute Gasteiger partial charge is 0.170 e. The molecular weight excluding hydrogens is 252 g/mol. The second kappa shape index (κ2) is 5.25. The lowest BCUT2D eigenvalue weighted by Crippen LogP contribution is -2.18. The van der Waals surface area contributed by atoms with Crippen LogP contribution >= 0.6 is 0 Å². The van der Waals surface area contributed by atoms with Gasteiger partial charge in [-0.25, -0.2) is 0 Å². The van der Waals surface area contributed by atoms with E-state index in [2.05, 4.69) is 16.3 Å². The third-order valence-corrected chi connectivity index (χ3v) is 4.05. The molecule has 0 aliphatic heterocycles. The lowest BCUT2D eigenvalue weighted by atomic mass is 9.88. The van der Waals surface area contributed by atoms with Crippen molar-refractivity contribution >= 4 is 0 Å². The van der Waals surface area contributed by atoms with E-state index in [4.69, 9.17) is 10.5 Å². The van der Waals surface area contributed by atoms with Gasteiger partial charge in [0.2, 0.25) is 0 Å². The fourth-order valence-electron chi connectivity index (χ4n) is 2.71. The van der Waals surface area contributed by atoms with Gasteiger partial charge in [-0.1, -0.05) is 12.1 Å². The number of benzene rings is 1. The molecule has 2 aromatic rings. The van der Waals surface area contributed by atoms with Gasteiger partial charge in [0.1, 0.15) is 18.2 Å². The van der Waals surface area contributed by atoms with Crippen LogP contribution in [0, 0.1) is 6.92 Å². The molecule has 0 bridgehead atoms. The first-order chi connectivity index (χ1) is 9.66. The summed E-state index contributed by atoms with van der Waals surface area (Å²) in [6.07, 6.45) is 3.22. The minimum atomic E-state index is 0.138. The van der Waals surface area contributed by atoms with E-state index in [-0.39, 0.29) is 6.04 Å². The number of nitrogens with zero attached hydrogens (tertiary/aromatic N) is 3. The third-order valence-electron chi connectivity index (χ3n) is 4.05. The minimum absolute atomic E-state index is 0.138. The van der Waals surface area contributed by atoms with Crippen molar-refractivity contribution in [1.29, 1.82) is 0 Å².